The molecule has 10 heteroatoms. The maximum atomic E-state index is 13.0. The summed E-state index contributed by atoms with van der Waals surface area (Å²) in [5, 5.41) is 10.1. The Labute approximate surface area is 240 Å². The maximum Gasteiger partial charge on any atom is 0.410 e. The fraction of sp³-hybridized carbons (Fsp3) is 0.517. The number of hydrogen-bond donors (Lipinski definition) is 0. The molecule has 0 radical (unpaired) electrons. The average molecular weight is 576 g/mol. The quantitative estimate of drug-likeness (QED) is 0.430. The highest BCUT2D eigenvalue weighted by Gasteiger charge is 2.36. The minimum absolute atomic E-state index is 0.0474. The standard InChI is InChI=1S/C23H32N4O4.C6H4Cl2/c1-16(30-20-6-5-17(13-24)14-25-20)19-9-12-27(15-19)21(28)18-7-10-26(11-8-18)22(29)31-23(2,3)4;7-5-3-1-2-4-6(5)8/h5-6,14,16,18-19H,7-12,15H2,1-4H3;1-4H/t16-,19?;/m0./s1. The van der Waals surface area contributed by atoms with Crippen LogP contribution in [0.2, 0.25) is 10.0 Å². The fourth-order valence-corrected chi connectivity index (χ4v) is 4.78. The van der Waals surface area contributed by atoms with Crippen molar-refractivity contribution in [2.75, 3.05) is 26.2 Å². The molecular formula is C29H36Cl2N4O4. The molecular weight excluding hydrogens is 539 g/mol. The normalized spacial score (nSPS) is 18.4. The van der Waals surface area contributed by atoms with Crippen molar-refractivity contribution >= 4 is 35.2 Å². The molecule has 0 aliphatic carbocycles. The van der Waals surface area contributed by atoms with Crippen LogP contribution in [0, 0.1) is 23.2 Å². The van der Waals surface area contributed by atoms with E-state index in [1.165, 1.54) is 6.20 Å². The molecule has 0 spiro atoms. The van der Waals surface area contributed by atoms with E-state index in [1.807, 2.05) is 50.8 Å². The van der Waals surface area contributed by atoms with Gasteiger partial charge in [0.15, 0.2) is 0 Å². The number of carbonyl (C=O) groups is 2. The minimum atomic E-state index is -0.514. The molecule has 210 valence electrons. The van der Waals surface area contributed by atoms with Gasteiger partial charge >= 0.3 is 6.09 Å². The Hall–Kier alpha value is -3.02. The SMILES string of the molecule is C[C@H](Oc1ccc(C#N)cn1)C1CCN(C(=O)C2CCN(C(=O)OC(C)(C)C)CC2)C1.Clc1ccccc1Cl. The summed E-state index contributed by atoms with van der Waals surface area (Å²) in [4.78, 5) is 33.0. The van der Waals surface area contributed by atoms with Crippen LogP contribution >= 0.6 is 23.2 Å². The highest BCUT2D eigenvalue weighted by Crippen LogP contribution is 2.28. The molecule has 4 rings (SSSR count). The van der Waals surface area contributed by atoms with Gasteiger partial charge in [-0.25, -0.2) is 9.78 Å². The molecule has 1 unspecified atom stereocenters. The molecule has 2 fully saturated rings. The van der Waals surface area contributed by atoms with Crippen LogP contribution in [0.1, 0.15) is 52.5 Å². The van der Waals surface area contributed by atoms with Gasteiger partial charge in [0.05, 0.1) is 15.6 Å². The molecule has 0 N–H and O–H groups in total. The molecule has 8 nitrogen and oxygen atoms in total. The van der Waals surface area contributed by atoms with Crippen LogP contribution in [0.4, 0.5) is 4.79 Å². The number of likely N-dealkylation sites (tertiary alicyclic amines) is 2. The Kier molecular flexibility index (Phi) is 10.8. The third-order valence-corrected chi connectivity index (χ3v) is 7.45. The Morgan fingerprint density at radius 3 is 2.15 bits per heavy atom. The van der Waals surface area contributed by atoms with E-state index in [1.54, 1.807) is 29.2 Å². The van der Waals surface area contributed by atoms with Gasteiger partial charge < -0.3 is 19.3 Å². The molecule has 2 aliphatic rings. The zero-order chi connectivity index (χ0) is 28.6. The Morgan fingerprint density at radius 1 is 1.03 bits per heavy atom. The summed E-state index contributed by atoms with van der Waals surface area (Å²) in [6.45, 7) is 10.1. The zero-order valence-corrected chi connectivity index (χ0v) is 24.4. The number of pyridine rings is 1. The van der Waals surface area contributed by atoms with Gasteiger partial charge in [0.25, 0.3) is 0 Å². The van der Waals surface area contributed by atoms with E-state index < -0.39 is 5.60 Å². The minimum Gasteiger partial charge on any atom is -0.474 e. The first-order chi connectivity index (χ1) is 18.5. The summed E-state index contributed by atoms with van der Waals surface area (Å²) < 4.78 is 11.4. The number of benzene rings is 1. The summed E-state index contributed by atoms with van der Waals surface area (Å²) in [5.74, 6) is 0.859. The lowest BCUT2D eigenvalue weighted by Gasteiger charge is -2.34. The Morgan fingerprint density at radius 2 is 1.64 bits per heavy atom. The first-order valence-corrected chi connectivity index (χ1v) is 13.9. The van der Waals surface area contributed by atoms with E-state index in [2.05, 4.69) is 4.98 Å². The van der Waals surface area contributed by atoms with E-state index in [-0.39, 0.29) is 29.9 Å². The number of amides is 2. The van der Waals surface area contributed by atoms with E-state index in [0.29, 0.717) is 54.0 Å². The van der Waals surface area contributed by atoms with Crippen LogP contribution in [-0.2, 0) is 9.53 Å². The van der Waals surface area contributed by atoms with Crippen molar-refractivity contribution in [3.63, 3.8) is 0 Å². The molecule has 2 atom stereocenters. The molecule has 1 aromatic heterocycles. The fourth-order valence-electron chi connectivity index (χ4n) is 4.51. The predicted molar refractivity (Wildman–Crippen MR) is 151 cm³/mol. The third-order valence-electron chi connectivity index (χ3n) is 6.69. The summed E-state index contributed by atoms with van der Waals surface area (Å²) >= 11 is 11.2. The second kappa shape index (κ2) is 13.9. The van der Waals surface area contributed by atoms with Crippen molar-refractivity contribution in [3.05, 3.63) is 58.2 Å². The number of carbonyl (C=O) groups excluding carboxylic acids is 2. The topological polar surface area (TPSA) is 95.8 Å². The highest BCUT2D eigenvalue weighted by atomic mass is 35.5. The average Bonchev–Trinajstić information content (AvgIpc) is 3.41. The zero-order valence-electron chi connectivity index (χ0n) is 22.9. The van der Waals surface area contributed by atoms with Crippen LogP contribution in [0.15, 0.2) is 42.6 Å². The molecule has 0 bridgehead atoms. The van der Waals surface area contributed by atoms with Crippen LogP contribution in [0.5, 0.6) is 5.88 Å². The second-order valence-electron chi connectivity index (χ2n) is 10.8. The molecule has 2 aliphatic heterocycles. The van der Waals surface area contributed by atoms with Crippen LogP contribution in [-0.4, -0.2) is 64.7 Å². The lowest BCUT2D eigenvalue weighted by molar-refractivity contribution is -0.136. The van der Waals surface area contributed by atoms with E-state index >= 15 is 0 Å². The van der Waals surface area contributed by atoms with Gasteiger partial charge in [-0.3, -0.25) is 4.79 Å². The van der Waals surface area contributed by atoms with Crippen LogP contribution < -0.4 is 4.74 Å². The monoisotopic (exact) mass is 574 g/mol. The summed E-state index contributed by atoms with van der Waals surface area (Å²) in [7, 11) is 0. The summed E-state index contributed by atoms with van der Waals surface area (Å²) in [6, 6.07) is 12.6. The van der Waals surface area contributed by atoms with Crippen LogP contribution in [0.25, 0.3) is 0 Å². The highest BCUT2D eigenvalue weighted by molar-refractivity contribution is 6.41. The van der Waals surface area contributed by atoms with Gasteiger partial charge in [0, 0.05) is 50.3 Å². The number of nitriles is 1. The molecule has 0 saturated carbocycles. The van der Waals surface area contributed by atoms with Crippen molar-refractivity contribution in [3.8, 4) is 11.9 Å². The predicted octanol–water partition coefficient (Wildman–Crippen LogP) is 6.21. The Balaban J connectivity index is 0.000000449. The molecule has 2 amide bonds. The van der Waals surface area contributed by atoms with Gasteiger partial charge in [-0.05, 0) is 65.2 Å². The van der Waals surface area contributed by atoms with Gasteiger partial charge in [-0.1, -0.05) is 35.3 Å². The number of ether oxygens (including phenoxy) is 2. The lowest BCUT2D eigenvalue weighted by Crippen LogP contribution is -2.45. The van der Waals surface area contributed by atoms with Crippen molar-refractivity contribution in [2.24, 2.45) is 11.8 Å². The molecule has 1 aromatic carbocycles. The number of piperidine rings is 1. The maximum absolute atomic E-state index is 13.0. The van der Waals surface area contributed by atoms with Gasteiger partial charge in [-0.2, -0.15) is 5.26 Å². The number of nitrogens with zero attached hydrogens (tertiary/aromatic N) is 4. The first kappa shape index (κ1) is 30.5. The number of halogens is 2. The van der Waals surface area contributed by atoms with Crippen molar-refractivity contribution in [1.29, 1.82) is 5.26 Å². The summed E-state index contributed by atoms with van der Waals surface area (Å²) in [5.41, 5.74) is -0.0178. The largest absolute Gasteiger partial charge is 0.474 e. The second-order valence-corrected chi connectivity index (χ2v) is 11.6. The first-order valence-electron chi connectivity index (χ1n) is 13.2. The van der Waals surface area contributed by atoms with Gasteiger partial charge in [0.2, 0.25) is 11.8 Å². The lowest BCUT2D eigenvalue weighted by atomic mass is 9.95. The van der Waals surface area contributed by atoms with Gasteiger partial charge in [-0.15, -0.1) is 0 Å². The molecule has 39 heavy (non-hydrogen) atoms. The molecule has 3 heterocycles. The number of aromatic nitrogens is 1. The molecule has 2 saturated heterocycles. The van der Waals surface area contributed by atoms with E-state index in [0.717, 1.165) is 13.0 Å². The third kappa shape index (κ3) is 9.29. The molecule has 2 aromatic rings. The van der Waals surface area contributed by atoms with Crippen molar-refractivity contribution < 1.29 is 19.1 Å². The van der Waals surface area contributed by atoms with E-state index in [4.69, 9.17) is 37.9 Å². The van der Waals surface area contributed by atoms with Crippen molar-refractivity contribution in [2.45, 2.75) is 58.7 Å². The summed E-state index contributed by atoms with van der Waals surface area (Å²) in [6.07, 6.45) is 3.34. The van der Waals surface area contributed by atoms with Crippen molar-refractivity contribution in [1.82, 2.24) is 14.8 Å². The smallest absolute Gasteiger partial charge is 0.410 e. The van der Waals surface area contributed by atoms with E-state index in [9.17, 15) is 9.59 Å². The number of hydrogen-bond acceptors (Lipinski definition) is 6. The number of rotatable bonds is 4. The van der Waals surface area contributed by atoms with Crippen LogP contribution in [0.3, 0.4) is 0 Å². The van der Waals surface area contributed by atoms with Gasteiger partial charge in [0.1, 0.15) is 17.8 Å². The Bertz CT molecular complexity index is 1130.